The predicted octanol–water partition coefficient (Wildman–Crippen LogP) is 7.16. The van der Waals surface area contributed by atoms with Crippen molar-refractivity contribution in [1.29, 1.82) is 0 Å². The molecule has 0 fully saturated rings. The number of nitrogens with zero attached hydrogens (tertiary/aromatic N) is 2. The molecule has 0 aliphatic heterocycles. The number of hydrogen-bond donors (Lipinski definition) is 1. The minimum absolute atomic E-state index is 0.142. The molecular formula is C22H20BrN3S. The lowest BCUT2D eigenvalue weighted by Gasteiger charge is -2.19. The molecule has 4 rings (SSSR count). The van der Waals surface area contributed by atoms with Crippen LogP contribution in [0.3, 0.4) is 0 Å². The average Bonchev–Trinajstić information content (AvgIpc) is 3.07. The van der Waals surface area contributed by atoms with Gasteiger partial charge in [0.05, 0.1) is 5.39 Å². The van der Waals surface area contributed by atoms with Crippen LogP contribution < -0.4 is 5.32 Å². The number of benzene rings is 2. The van der Waals surface area contributed by atoms with Crippen LogP contribution in [-0.2, 0) is 5.41 Å². The average molecular weight is 438 g/mol. The van der Waals surface area contributed by atoms with Crippen LogP contribution in [0.1, 0.15) is 26.3 Å². The number of anilines is 2. The predicted molar refractivity (Wildman–Crippen MR) is 119 cm³/mol. The topological polar surface area (TPSA) is 37.8 Å². The summed E-state index contributed by atoms with van der Waals surface area (Å²) in [5.41, 5.74) is 4.79. The van der Waals surface area contributed by atoms with E-state index in [9.17, 15) is 0 Å². The molecule has 3 nitrogen and oxygen atoms in total. The molecule has 0 unspecified atom stereocenters. The summed E-state index contributed by atoms with van der Waals surface area (Å²) in [7, 11) is 0. The first kappa shape index (κ1) is 18.1. The second-order valence-corrected chi connectivity index (χ2v) is 9.28. The molecule has 0 aliphatic carbocycles. The van der Waals surface area contributed by atoms with E-state index in [0.717, 1.165) is 37.3 Å². The summed E-state index contributed by atoms with van der Waals surface area (Å²) in [6.45, 7) is 6.66. The minimum atomic E-state index is 0.142. The largest absolute Gasteiger partial charge is 0.340 e. The van der Waals surface area contributed by atoms with Crippen molar-refractivity contribution in [3.63, 3.8) is 0 Å². The van der Waals surface area contributed by atoms with Gasteiger partial charge in [-0.15, -0.1) is 11.3 Å². The molecule has 4 aromatic rings. The van der Waals surface area contributed by atoms with Gasteiger partial charge in [-0.2, -0.15) is 0 Å². The van der Waals surface area contributed by atoms with Crippen molar-refractivity contribution < 1.29 is 0 Å². The van der Waals surface area contributed by atoms with E-state index in [1.54, 1.807) is 17.7 Å². The second kappa shape index (κ2) is 7.06. The highest BCUT2D eigenvalue weighted by atomic mass is 79.9. The Hall–Kier alpha value is -2.24. The van der Waals surface area contributed by atoms with Gasteiger partial charge >= 0.3 is 0 Å². The number of rotatable bonds is 3. The van der Waals surface area contributed by atoms with E-state index in [1.807, 2.05) is 0 Å². The molecule has 2 aromatic heterocycles. The first-order valence-electron chi connectivity index (χ1n) is 8.77. The van der Waals surface area contributed by atoms with Gasteiger partial charge in [0.25, 0.3) is 0 Å². The van der Waals surface area contributed by atoms with Gasteiger partial charge in [0.2, 0.25) is 0 Å². The number of fused-ring (bicyclic) bond motifs is 1. The van der Waals surface area contributed by atoms with Crippen molar-refractivity contribution in [2.75, 3.05) is 5.32 Å². The quantitative estimate of drug-likeness (QED) is 0.369. The number of thiophene rings is 1. The first-order valence-corrected chi connectivity index (χ1v) is 10.4. The first-order chi connectivity index (χ1) is 12.9. The lowest BCUT2D eigenvalue weighted by molar-refractivity contribution is 0.590. The van der Waals surface area contributed by atoms with Crippen LogP contribution in [0.15, 0.2) is 64.7 Å². The molecule has 0 amide bonds. The van der Waals surface area contributed by atoms with E-state index in [2.05, 4.69) is 106 Å². The van der Waals surface area contributed by atoms with Crippen molar-refractivity contribution >= 4 is 49.0 Å². The maximum absolute atomic E-state index is 4.52. The number of aromatic nitrogens is 2. The summed E-state index contributed by atoms with van der Waals surface area (Å²) < 4.78 is 1.07. The monoisotopic (exact) mass is 437 g/mol. The molecule has 0 saturated heterocycles. The zero-order valence-electron chi connectivity index (χ0n) is 15.5. The highest BCUT2D eigenvalue weighted by Gasteiger charge is 2.15. The summed E-state index contributed by atoms with van der Waals surface area (Å²) in [5, 5.41) is 6.69. The van der Waals surface area contributed by atoms with Crippen molar-refractivity contribution in [3.8, 4) is 11.1 Å². The summed E-state index contributed by atoms with van der Waals surface area (Å²) in [6, 6.07) is 16.9. The van der Waals surface area contributed by atoms with E-state index < -0.39 is 0 Å². The number of hydrogen-bond acceptors (Lipinski definition) is 4. The van der Waals surface area contributed by atoms with Crippen molar-refractivity contribution in [3.05, 3.63) is 70.3 Å². The van der Waals surface area contributed by atoms with Crippen molar-refractivity contribution in [1.82, 2.24) is 9.97 Å². The van der Waals surface area contributed by atoms with Crippen molar-refractivity contribution in [2.24, 2.45) is 0 Å². The molecule has 27 heavy (non-hydrogen) atoms. The molecule has 0 radical (unpaired) electrons. The minimum Gasteiger partial charge on any atom is -0.340 e. The Morgan fingerprint density at radius 3 is 2.30 bits per heavy atom. The Balaban J connectivity index is 1.74. The zero-order chi connectivity index (χ0) is 19.0. The Morgan fingerprint density at radius 2 is 1.63 bits per heavy atom. The van der Waals surface area contributed by atoms with E-state index in [0.29, 0.717) is 0 Å². The highest BCUT2D eigenvalue weighted by Crippen LogP contribution is 2.37. The van der Waals surface area contributed by atoms with Gasteiger partial charge in [0, 0.05) is 21.1 Å². The molecule has 136 valence electrons. The Morgan fingerprint density at radius 1 is 0.926 bits per heavy atom. The maximum Gasteiger partial charge on any atom is 0.143 e. The molecular weight excluding hydrogens is 418 g/mol. The normalized spacial score (nSPS) is 11.7. The van der Waals surface area contributed by atoms with Gasteiger partial charge in [-0.25, -0.2) is 9.97 Å². The van der Waals surface area contributed by atoms with Gasteiger partial charge < -0.3 is 5.32 Å². The standard InChI is InChI=1S/C22H20BrN3S/c1-22(2,3)15-6-10-17(11-7-15)26-20-19-18(12-27-21(19)25-13-24-20)14-4-8-16(23)9-5-14/h4-13H,1-3H3,(H,24,25,26). The summed E-state index contributed by atoms with van der Waals surface area (Å²) in [4.78, 5) is 9.96. The van der Waals surface area contributed by atoms with Crippen LogP contribution in [-0.4, -0.2) is 9.97 Å². The van der Waals surface area contributed by atoms with Crippen LogP contribution >= 0.6 is 27.3 Å². The lowest BCUT2D eigenvalue weighted by atomic mass is 9.87. The Bertz CT molecular complexity index is 1080. The van der Waals surface area contributed by atoms with E-state index in [-0.39, 0.29) is 5.41 Å². The summed E-state index contributed by atoms with van der Waals surface area (Å²) in [6.07, 6.45) is 1.62. The molecule has 0 saturated carbocycles. The molecule has 2 heterocycles. The number of nitrogens with one attached hydrogen (secondary N) is 1. The summed E-state index contributed by atoms with van der Waals surface area (Å²) in [5.74, 6) is 0.836. The molecule has 5 heteroatoms. The fourth-order valence-electron chi connectivity index (χ4n) is 3.00. The maximum atomic E-state index is 4.52. The summed E-state index contributed by atoms with van der Waals surface area (Å²) >= 11 is 5.14. The molecule has 0 spiro atoms. The lowest BCUT2D eigenvalue weighted by Crippen LogP contribution is -2.10. The van der Waals surface area contributed by atoms with Crippen LogP contribution in [0.5, 0.6) is 0 Å². The van der Waals surface area contributed by atoms with Crippen LogP contribution in [0.25, 0.3) is 21.3 Å². The molecule has 0 bridgehead atoms. The smallest absolute Gasteiger partial charge is 0.143 e. The van der Waals surface area contributed by atoms with Crippen LogP contribution in [0.2, 0.25) is 0 Å². The van der Waals surface area contributed by atoms with Crippen LogP contribution in [0.4, 0.5) is 11.5 Å². The van der Waals surface area contributed by atoms with Gasteiger partial charge in [-0.3, -0.25) is 0 Å². The van der Waals surface area contributed by atoms with Gasteiger partial charge in [0.1, 0.15) is 17.0 Å². The van der Waals surface area contributed by atoms with E-state index in [1.165, 1.54) is 5.56 Å². The Kier molecular flexibility index (Phi) is 4.74. The number of halogens is 1. The zero-order valence-corrected chi connectivity index (χ0v) is 17.9. The molecule has 1 N–H and O–H groups in total. The van der Waals surface area contributed by atoms with Gasteiger partial charge in [0.15, 0.2) is 0 Å². The van der Waals surface area contributed by atoms with Gasteiger partial charge in [-0.05, 0) is 40.8 Å². The van der Waals surface area contributed by atoms with E-state index in [4.69, 9.17) is 0 Å². The fourth-order valence-corrected chi connectivity index (χ4v) is 4.18. The van der Waals surface area contributed by atoms with E-state index >= 15 is 0 Å². The molecule has 0 aliphatic rings. The second-order valence-electron chi connectivity index (χ2n) is 7.51. The van der Waals surface area contributed by atoms with Crippen LogP contribution in [0, 0.1) is 0 Å². The molecule has 0 atom stereocenters. The van der Waals surface area contributed by atoms with Gasteiger partial charge in [-0.1, -0.05) is 61.0 Å². The fraction of sp³-hybridized carbons (Fsp3) is 0.182. The highest BCUT2D eigenvalue weighted by molar-refractivity contribution is 9.10. The third-order valence-electron chi connectivity index (χ3n) is 4.54. The van der Waals surface area contributed by atoms with Crippen molar-refractivity contribution in [2.45, 2.75) is 26.2 Å². The SMILES string of the molecule is CC(C)(C)c1ccc(Nc2ncnc3scc(-c4ccc(Br)cc4)c23)cc1. The third-order valence-corrected chi connectivity index (χ3v) is 5.95. The molecule has 2 aromatic carbocycles. The Labute approximate surface area is 171 Å². The third kappa shape index (κ3) is 3.75.